The van der Waals surface area contributed by atoms with E-state index in [2.05, 4.69) is 10.3 Å². The molecule has 1 aromatic carbocycles. The Morgan fingerprint density at radius 2 is 1.94 bits per heavy atom. The van der Waals surface area contributed by atoms with Crippen LogP contribution < -0.4 is 5.32 Å². The minimum atomic E-state index is 0.0123. The molecule has 3 heteroatoms. The summed E-state index contributed by atoms with van der Waals surface area (Å²) >= 11 is 0. The molecule has 0 fully saturated rings. The molecule has 0 radical (unpaired) electrons. The number of carbonyl (C=O) groups excluding carboxylic acids is 1. The second-order valence-electron chi connectivity index (χ2n) is 3.83. The number of hydrogen-bond acceptors (Lipinski definition) is 3. The van der Waals surface area contributed by atoms with Crippen LogP contribution in [-0.4, -0.2) is 17.8 Å². The van der Waals surface area contributed by atoms with Crippen LogP contribution in [0, 0.1) is 6.92 Å². The summed E-state index contributed by atoms with van der Waals surface area (Å²) in [6.45, 7) is 1.92. The first-order valence-electron chi connectivity index (χ1n) is 5.46. The van der Waals surface area contributed by atoms with Gasteiger partial charge in [0.1, 0.15) is 5.82 Å². The average molecular weight is 226 g/mol. The van der Waals surface area contributed by atoms with Gasteiger partial charge in [0.25, 0.3) is 0 Å². The van der Waals surface area contributed by atoms with Crippen molar-refractivity contribution in [1.82, 2.24) is 4.98 Å². The summed E-state index contributed by atoms with van der Waals surface area (Å²) in [5.41, 5.74) is 2.27. The SMILES string of the molecule is CNc1cc(C)c(C(=O)c2ccccc2)cn1. The smallest absolute Gasteiger partial charge is 0.194 e. The van der Waals surface area contributed by atoms with Gasteiger partial charge in [-0.2, -0.15) is 0 Å². The van der Waals surface area contributed by atoms with Crippen molar-refractivity contribution in [3.8, 4) is 0 Å². The summed E-state index contributed by atoms with van der Waals surface area (Å²) < 4.78 is 0. The predicted octanol–water partition coefficient (Wildman–Crippen LogP) is 2.66. The highest BCUT2D eigenvalue weighted by molar-refractivity contribution is 6.09. The van der Waals surface area contributed by atoms with E-state index in [1.54, 1.807) is 13.2 Å². The van der Waals surface area contributed by atoms with Crippen molar-refractivity contribution in [2.24, 2.45) is 0 Å². The molecule has 0 bridgehead atoms. The van der Waals surface area contributed by atoms with Gasteiger partial charge in [-0.3, -0.25) is 4.79 Å². The van der Waals surface area contributed by atoms with Crippen LogP contribution in [0.25, 0.3) is 0 Å². The second kappa shape index (κ2) is 4.78. The number of anilines is 1. The maximum Gasteiger partial charge on any atom is 0.194 e. The van der Waals surface area contributed by atoms with Crippen molar-refractivity contribution < 1.29 is 4.79 Å². The number of hydrogen-bond donors (Lipinski definition) is 1. The average Bonchev–Trinajstić information content (AvgIpc) is 2.39. The van der Waals surface area contributed by atoms with Gasteiger partial charge in [0.2, 0.25) is 0 Å². The van der Waals surface area contributed by atoms with E-state index in [-0.39, 0.29) is 5.78 Å². The minimum Gasteiger partial charge on any atom is -0.373 e. The highest BCUT2D eigenvalue weighted by Crippen LogP contribution is 2.15. The molecule has 0 aliphatic heterocycles. The standard InChI is InChI=1S/C14H14N2O/c1-10-8-13(15-2)16-9-12(10)14(17)11-6-4-3-5-7-11/h3-9H,1-2H3,(H,15,16). The molecule has 2 aromatic rings. The van der Waals surface area contributed by atoms with Crippen LogP contribution in [0.3, 0.4) is 0 Å². The third kappa shape index (κ3) is 2.33. The molecule has 3 nitrogen and oxygen atoms in total. The van der Waals surface area contributed by atoms with E-state index in [1.807, 2.05) is 43.3 Å². The molecule has 2 rings (SSSR count). The highest BCUT2D eigenvalue weighted by atomic mass is 16.1. The Morgan fingerprint density at radius 1 is 1.24 bits per heavy atom. The lowest BCUT2D eigenvalue weighted by atomic mass is 10.0. The maximum atomic E-state index is 12.2. The summed E-state index contributed by atoms with van der Waals surface area (Å²) in [5, 5.41) is 2.95. The van der Waals surface area contributed by atoms with Gasteiger partial charge in [-0.05, 0) is 18.6 Å². The van der Waals surface area contributed by atoms with E-state index in [0.29, 0.717) is 11.1 Å². The van der Waals surface area contributed by atoms with Crippen LogP contribution in [0.15, 0.2) is 42.6 Å². The van der Waals surface area contributed by atoms with Crippen LogP contribution >= 0.6 is 0 Å². The van der Waals surface area contributed by atoms with Gasteiger partial charge in [0.05, 0.1) is 0 Å². The molecule has 1 N–H and O–H groups in total. The normalized spacial score (nSPS) is 10.0. The minimum absolute atomic E-state index is 0.0123. The molecule has 1 aromatic heterocycles. The van der Waals surface area contributed by atoms with E-state index >= 15 is 0 Å². The molecule has 0 spiro atoms. The lowest BCUT2D eigenvalue weighted by molar-refractivity contribution is 0.103. The van der Waals surface area contributed by atoms with Gasteiger partial charge in [-0.15, -0.1) is 0 Å². The number of nitrogens with zero attached hydrogens (tertiary/aromatic N) is 1. The molecule has 0 unspecified atom stereocenters. The number of aryl methyl sites for hydroxylation is 1. The van der Waals surface area contributed by atoms with Gasteiger partial charge >= 0.3 is 0 Å². The Labute approximate surface area is 101 Å². The van der Waals surface area contributed by atoms with E-state index < -0.39 is 0 Å². The van der Waals surface area contributed by atoms with Gasteiger partial charge < -0.3 is 5.32 Å². The Balaban J connectivity index is 2.38. The molecule has 0 saturated heterocycles. The molecule has 0 atom stereocenters. The first-order chi connectivity index (χ1) is 8.22. The van der Waals surface area contributed by atoms with E-state index in [1.165, 1.54) is 0 Å². The third-order valence-corrected chi connectivity index (χ3v) is 2.65. The third-order valence-electron chi connectivity index (χ3n) is 2.65. The number of benzene rings is 1. The van der Waals surface area contributed by atoms with Crippen molar-refractivity contribution in [2.45, 2.75) is 6.92 Å². The largest absolute Gasteiger partial charge is 0.373 e. The van der Waals surface area contributed by atoms with Crippen molar-refractivity contribution in [2.75, 3.05) is 12.4 Å². The Hall–Kier alpha value is -2.16. The van der Waals surface area contributed by atoms with E-state index in [4.69, 9.17) is 0 Å². The first-order valence-corrected chi connectivity index (χ1v) is 5.46. The Kier molecular flexibility index (Phi) is 3.19. The van der Waals surface area contributed by atoms with Crippen LogP contribution in [0.5, 0.6) is 0 Å². The molecule has 0 aliphatic rings. The van der Waals surface area contributed by atoms with Gasteiger partial charge in [0.15, 0.2) is 5.78 Å². The molecular weight excluding hydrogens is 212 g/mol. The Morgan fingerprint density at radius 3 is 2.53 bits per heavy atom. The van der Waals surface area contributed by atoms with Crippen molar-refractivity contribution in [3.63, 3.8) is 0 Å². The highest BCUT2D eigenvalue weighted by Gasteiger charge is 2.11. The second-order valence-corrected chi connectivity index (χ2v) is 3.83. The number of pyridine rings is 1. The predicted molar refractivity (Wildman–Crippen MR) is 68.4 cm³/mol. The summed E-state index contributed by atoms with van der Waals surface area (Å²) in [6.07, 6.45) is 1.62. The first kappa shape index (κ1) is 11.3. The Bertz CT molecular complexity index is 535. The summed E-state index contributed by atoms with van der Waals surface area (Å²) in [6, 6.07) is 11.1. The number of ketones is 1. The van der Waals surface area contributed by atoms with Crippen LogP contribution in [0.4, 0.5) is 5.82 Å². The molecule has 0 amide bonds. The zero-order valence-corrected chi connectivity index (χ0v) is 9.90. The summed E-state index contributed by atoms with van der Waals surface area (Å²) in [4.78, 5) is 16.4. The molecule has 0 aliphatic carbocycles. The fraction of sp³-hybridized carbons (Fsp3) is 0.143. The quantitative estimate of drug-likeness (QED) is 0.818. The van der Waals surface area contributed by atoms with Crippen LogP contribution in [0.2, 0.25) is 0 Å². The number of rotatable bonds is 3. The van der Waals surface area contributed by atoms with Gasteiger partial charge in [-0.1, -0.05) is 30.3 Å². The van der Waals surface area contributed by atoms with Gasteiger partial charge in [-0.25, -0.2) is 4.98 Å². The van der Waals surface area contributed by atoms with E-state index in [0.717, 1.165) is 11.4 Å². The van der Waals surface area contributed by atoms with Crippen LogP contribution in [0.1, 0.15) is 21.5 Å². The summed E-state index contributed by atoms with van der Waals surface area (Å²) in [7, 11) is 1.81. The van der Waals surface area contributed by atoms with Crippen LogP contribution in [-0.2, 0) is 0 Å². The maximum absolute atomic E-state index is 12.2. The number of aromatic nitrogens is 1. The molecular formula is C14H14N2O. The number of carbonyl (C=O) groups is 1. The van der Waals surface area contributed by atoms with Crippen molar-refractivity contribution in [1.29, 1.82) is 0 Å². The molecule has 0 saturated carbocycles. The zero-order valence-electron chi connectivity index (χ0n) is 9.90. The monoisotopic (exact) mass is 226 g/mol. The molecule has 1 heterocycles. The fourth-order valence-corrected chi connectivity index (χ4v) is 1.68. The summed E-state index contributed by atoms with van der Waals surface area (Å²) in [5.74, 6) is 0.783. The molecule has 86 valence electrons. The number of nitrogens with one attached hydrogen (secondary N) is 1. The fourth-order valence-electron chi connectivity index (χ4n) is 1.68. The van der Waals surface area contributed by atoms with E-state index in [9.17, 15) is 4.79 Å². The van der Waals surface area contributed by atoms with Crippen molar-refractivity contribution in [3.05, 3.63) is 59.3 Å². The lowest BCUT2D eigenvalue weighted by Crippen LogP contribution is -2.05. The lowest BCUT2D eigenvalue weighted by Gasteiger charge is -2.06. The van der Waals surface area contributed by atoms with Crippen molar-refractivity contribution >= 4 is 11.6 Å². The topological polar surface area (TPSA) is 42.0 Å². The molecule has 17 heavy (non-hydrogen) atoms. The van der Waals surface area contributed by atoms with Gasteiger partial charge in [0, 0.05) is 24.4 Å². The zero-order chi connectivity index (χ0) is 12.3.